The zero-order chi connectivity index (χ0) is 8.97. The van der Waals surface area contributed by atoms with E-state index in [1.165, 1.54) is 5.57 Å². The molecule has 64 valence electrons. The van der Waals surface area contributed by atoms with Crippen LogP contribution >= 0.6 is 0 Å². The summed E-state index contributed by atoms with van der Waals surface area (Å²) in [7, 11) is 0. The van der Waals surface area contributed by atoms with Gasteiger partial charge < -0.3 is 11.5 Å². The Morgan fingerprint density at radius 1 is 1.33 bits per heavy atom. The Morgan fingerprint density at radius 2 is 2.08 bits per heavy atom. The van der Waals surface area contributed by atoms with Gasteiger partial charge in [-0.3, -0.25) is 0 Å². The van der Waals surface area contributed by atoms with Crippen molar-refractivity contribution < 1.29 is 0 Å². The average Bonchev–Trinajstić information content (AvgIpc) is 2.00. The van der Waals surface area contributed by atoms with Crippen molar-refractivity contribution >= 4 is 0 Å². The van der Waals surface area contributed by atoms with Crippen molar-refractivity contribution in [2.75, 3.05) is 6.54 Å². The van der Waals surface area contributed by atoms with Gasteiger partial charge in [-0.05, 0) is 24.6 Å². The van der Waals surface area contributed by atoms with Gasteiger partial charge in [0.2, 0.25) is 0 Å². The van der Waals surface area contributed by atoms with E-state index in [2.05, 4.69) is 0 Å². The van der Waals surface area contributed by atoms with Gasteiger partial charge in [-0.1, -0.05) is 23.8 Å². The monoisotopic (exact) mass is 162 g/mol. The van der Waals surface area contributed by atoms with Gasteiger partial charge in [0.15, 0.2) is 0 Å². The molecular weight excluding hydrogens is 148 g/mol. The molecule has 1 rings (SSSR count). The van der Waals surface area contributed by atoms with Crippen LogP contribution in [0, 0.1) is 0 Å². The van der Waals surface area contributed by atoms with E-state index in [0.717, 1.165) is 11.3 Å². The Bertz CT molecular complexity index is 280. The molecule has 0 amide bonds. The van der Waals surface area contributed by atoms with Crippen molar-refractivity contribution in [3.05, 3.63) is 47.2 Å². The van der Waals surface area contributed by atoms with Crippen LogP contribution in [0.5, 0.6) is 0 Å². The SMILES string of the molecule is CC1=C/C(CN)=C\C(N)=C/C=C\1. The average molecular weight is 162 g/mol. The summed E-state index contributed by atoms with van der Waals surface area (Å²) in [5, 5.41) is 0. The molecule has 0 saturated carbocycles. The van der Waals surface area contributed by atoms with Crippen LogP contribution < -0.4 is 11.5 Å². The maximum atomic E-state index is 5.66. The van der Waals surface area contributed by atoms with Crippen LogP contribution in [0.3, 0.4) is 0 Å². The summed E-state index contributed by atoms with van der Waals surface area (Å²) < 4.78 is 0. The van der Waals surface area contributed by atoms with Crippen LogP contribution in [-0.2, 0) is 0 Å². The Balaban J connectivity index is 2.97. The lowest BCUT2D eigenvalue weighted by Gasteiger charge is -2.02. The number of nitrogens with two attached hydrogens (primary N) is 2. The molecule has 0 radical (unpaired) electrons. The smallest absolute Gasteiger partial charge is 0.0317 e. The van der Waals surface area contributed by atoms with Gasteiger partial charge in [-0.15, -0.1) is 0 Å². The van der Waals surface area contributed by atoms with Crippen molar-refractivity contribution in [1.29, 1.82) is 0 Å². The molecule has 2 nitrogen and oxygen atoms in total. The van der Waals surface area contributed by atoms with Crippen LogP contribution in [0.1, 0.15) is 6.92 Å². The number of allylic oxidation sites excluding steroid dienone is 5. The molecule has 0 heterocycles. The normalized spacial score (nSPS) is 33.0. The quantitative estimate of drug-likeness (QED) is 0.609. The molecule has 0 spiro atoms. The van der Waals surface area contributed by atoms with E-state index in [1.54, 1.807) is 0 Å². The van der Waals surface area contributed by atoms with Crippen LogP contribution in [0.4, 0.5) is 0 Å². The molecule has 0 aliphatic heterocycles. The van der Waals surface area contributed by atoms with Gasteiger partial charge in [-0.25, -0.2) is 0 Å². The molecule has 0 bridgehead atoms. The molecule has 4 N–H and O–H groups in total. The third-order valence-corrected chi connectivity index (χ3v) is 1.65. The highest BCUT2D eigenvalue weighted by Crippen LogP contribution is 2.07. The van der Waals surface area contributed by atoms with Gasteiger partial charge in [-0.2, -0.15) is 0 Å². The highest BCUT2D eigenvalue weighted by molar-refractivity contribution is 5.39. The Morgan fingerprint density at radius 3 is 2.75 bits per heavy atom. The van der Waals surface area contributed by atoms with Gasteiger partial charge in [0, 0.05) is 12.2 Å². The summed E-state index contributed by atoms with van der Waals surface area (Å²) in [4.78, 5) is 0. The predicted octanol–water partition coefficient (Wildman–Crippen LogP) is 1.23. The van der Waals surface area contributed by atoms with Gasteiger partial charge in [0.25, 0.3) is 0 Å². The minimum Gasteiger partial charge on any atom is -0.399 e. The summed E-state index contributed by atoms with van der Waals surface area (Å²) in [5.74, 6) is 0. The summed E-state index contributed by atoms with van der Waals surface area (Å²) in [6, 6.07) is 0. The number of hydrogen-bond donors (Lipinski definition) is 2. The first kappa shape index (κ1) is 8.81. The summed E-state index contributed by atoms with van der Waals surface area (Å²) >= 11 is 0. The largest absolute Gasteiger partial charge is 0.399 e. The molecule has 0 aromatic carbocycles. The zero-order valence-electron chi connectivity index (χ0n) is 7.25. The third-order valence-electron chi connectivity index (χ3n) is 1.65. The fourth-order valence-corrected chi connectivity index (χ4v) is 1.07. The molecule has 12 heavy (non-hydrogen) atoms. The lowest BCUT2D eigenvalue weighted by Crippen LogP contribution is -2.04. The van der Waals surface area contributed by atoms with Crippen LogP contribution in [0.2, 0.25) is 0 Å². The minimum atomic E-state index is 0.528. The molecule has 1 aliphatic carbocycles. The van der Waals surface area contributed by atoms with Gasteiger partial charge in [0.05, 0.1) is 0 Å². The van der Waals surface area contributed by atoms with E-state index in [-0.39, 0.29) is 0 Å². The molecule has 2 heteroatoms. The Hall–Kier alpha value is -1.28. The first-order valence-corrected chi connectivity index (χ1v) is 3.95. The molecule has 0 aromatic heterocycles. The maximum absolute atomic E-state index is 5.66. The summed E-state index contributed by atoms with van der Waals surface area (Å²) in [6.07, 6.45) is 9.75. The minimum absolute atomic E-state index is 0.528. The molecular formula is C10H14N2. The highest BCUT2D eigenvalue weighted by atomic mass is 14.6. The topological polar surface area (TPSA) is 52.0 Å². The second-order valence-corrected chi connectivity index (χ2v) is 2.84. The Kier molecular flexibility index (Phi) is 2.88. The first-order valence-electron chi connectivity index (χ1n) is 3.95. The van der Waals surface area contributed by atoms with Crippen LogP contribution in [0.25, 0.3) is 0 Å². The number of hydrogen-bond acceptors (Lipinski definition) is 2. The van der Waals surface area contributed by atoms with Crippen molar-refractivity contribution in [2.24, 2.45) is 11.5 Å². The third kappa shape index (κ3) is 2.40. The molecule has 0 saturated heterocycles. The molecule has 0 atom stereocenters. The van der Waals surface area contributed by atoms with E-state index in [9.17, 15) is 0 Å². The maximum Gasteiger partial charge on any atom is 0.0317 e. The summed E-state index contributed by atoms with van der Waals surface area (Å²) in [5.41, 5.74) is 14.2. The Labute approximate surface area is 72.9 Å². The second kappa shape index (κ2) is 3.93. The molecule has 0 unspecified atom stereocenters. The van der Waals surface area contributed by atoms with E-state index in [0.29, 0.717) is 6.54 Å². The van der Waals surface area contributed by atoms with Crippen molar-refractivity contribution in [2.45, 2.75) is 6.92 Å². The molecule has 1 aliphatic rings. The van der Waals surface area contributed by atoms with Crippen molar-refractivity contribution in [1.82, 2.24) is 0 Å². The predicted molar refractivity (Wildman–Crippen MR) is 52.3 cm³/mol. The fraction of sp³-hybridized carbons (Fsp3) is 0.200. The van der Waals surface area contributed by atoms with E-state index in [4.69, 9.17) is 11.5 Å². The van der Waals surface area contributed by atoms with Gasteiger partial charge in [0.1, 0.15) is 0 Å². The van der Waals surface area contributed by atoms with Gasteiger partial charge >= 0.3 is 0 Å². The van der Waals surface area contributed by atoms with Crippen molar-refractivity contribution in [3.63, 3.8) is 0 Å². The van der Waals surface area contributed by atoms with Crippen LogP contribution in [-0.4, -0.2) is 6.54 Å². The molecule has 0 fully saturated rings. The van der Waals surface area contributed by atoms with E-state index < -0.39 is 0 Å². The highest BCUT2D eigenvalue weighted by Gasteiger charge is 1.93. The van der Waals surface area contributed by atoms with E-state index >= 15 is 0 Å². The molecule has 0 aromatic rings. The standard InChI is InChI=1S/C10H14N2/c1-8-3-2-4-10(12)6-9(5-8)7-11/h2-6H,7,11-12H2,1H3/b3-2-,4-2?,8-3?,8-5-,9-5?,9-6+,10-4+,10-6?. The lowest BCUT2D eigenvalue weighted by molar-refractivity contribution is 1.16. The zero-order valence-corrected chi connectivity index (χ0v) is 7.25. The second-order valence-electron chi connectivity index (χ2n) is 2.84. The lowest BCUT2D eigenvalue weighted by atomic mass is 10.1. The van der Waals surface area contributed by atoms with Crippen molar-refractivity contribution in [3.8, 4) is 0 Å². The van der Waals surface area contributed by atoms with Crippen LogP contribution in [0.15, 0.2) is 47.2 Å². The first-order chi connectivity index (χ1) is 5.72. The summed E-state index contributed by atoms with van der Waals surface area (Å²) in [6.45, 7) is 2.56. The fourth-order valence-electron chi connectivity index (χ4n) is 1.07. The number of rotatable bonds is 1. The van der Waals surface area contributed by atoms with E-state index in [1.807, 2.05) is 37.3 Å².